The van der Waals surface area contributed by atoms with Crippen molar-refractivity contribution in [1.82, 2.24) is 0 Å². The summed E-state index contributed by atoms with van der Waals surface area (Å²) < 4.78 is 34.0. The molecule has 0 saturated heterocycles. The number of phosphoric ester groups is 1. The Labute approximate surface area is 358 Å². The predicted octanol–water partition coefficient (Wildman–Crippen LogP) is 13.5. The van der Waals surface area contributed by atoms with Gasteiger partial charge in [0.15, 0.2) is 6.10 Å². The van der Waals surface area contributed by atoms with Gasteiger partial charge in [-0.3, -0.25) is 14.2 Å². The summed E-state index contributed by atoms with van der Waals surface area (Å²) in [5, 5.41) is 0. The maximum absolute atomic E-state index is 12.7. The molecule has 0 fully saturated rings. The molecule has 0 radical (unpaired) electrons. The molecule has 344 valence electrons. The Balaban J connectivity index is 4.23. The largest absolute Gasteiger partial charge is 0.756 e. The molecule has 0 aromatic heterocycles. The molecule has 0 aliphatic carbocycles. The summed E-state index contributed by atoms with van der Waals surface area (Å²) in [5.41, 5.74) is 0. The first-order valence-corrected chi connectivity index (χ1v) is 25.9. The van der Waals surface area contributed by atoms with E-state index in [4.69, 9.17) is 18.5 Å². The number of unbranched alkanes of at least 4 members (excludes halogenated alkanes) is 29. The zero-order valence-corrected chi connectivity index (χ0v) is 39.7. The summed E-state index contributed by atoms with van der Waals surface area (Å²) in [6.07, 6.45) is 43.8. The maximum atomic E-state index is 12.7. The topological polar surface area (TPSA) is 111 Å². The molecule has 10 heteroatoms. The van der Waals surface area contributed by atoms with Crippen LogP contribution in [0, 0.1) is 0 Å². The van der Waals surface area contributed by atoms with Crippen LogP contribution in [0.25, 0.3) is 0 Å². The molecule has 0 rings (SSSR count). The Kier molecular flexibility index (Phi) is 40.2. The first-order valence-electron chi connectivity index (χ1n) is 24.4. The lowest BCUT2D eigenvalue weighted by atomic mass is 10.0. The van der Waals surface area contributed by atoms with E-state index in [0.29, 0.717) is 17.4 Å². The monoisotopic (exact) mass is 844 g/mol. The zero-order valence-electron chi connectivity index (χ0n) is 38.8. The summed E-state index contributed by atoms with van der Waals surface area (Å²) in [5.74, 6) is -0.823. The second-order valence-electron chi connectivity index (χ2n) is 17.8. The van der Waals surface area contributed by atoms with Gasteiger partial charge in [-0.25, -0.2) is 0 Å². The number of hydrogen-bond donors (Lipinski definition) is 0. The van der Waals surface area contributed by atoms with Gasteiger partial charge < -0.3 is 27.9 Å². The van der Waals surface area contributed by atoms with Crippen molar-refractivity contribution in [3.63, 3.8) is 0 Å². The minimum absolute atomic E-state index is 0.0275. The zero-order chi connectivity index (χ0) is 42.8. The van der Waals surface area contributed by atoms with Gasteiger partial charge >= 0.3 is 11.9 Å². The van der Waals surface area contributed by atoms with Crippen molar-refractivity contribution in [2.24, 2.45) is 0 Å². The molecule has 0 saturated carbocycles. The van der Waals surface area contributed by atoms with Gasteiger partial charge in [0.2, 0.25) is 0 Å². The third-order valence-corrected chi connectivity index (χ3v) is 11.7. The number of carbonyl (C=O) groups excluding carboxylic acids is 2. The maximum Gasteiger partial charge on any atom is 0.306 e. The number of likely N-dealkylation sites (N-methyl/N-ethyl adjacent to an activating group) is 1. The molecular weight excluding hydrogens is 750 g/mol. The Bertz CT molecular complexity index is 1000. The molecule has 0 aliphatic rings. The molecule has 0 spiro atoms. The molecule has 0 N–H and O–H groups in total. The number of rotatable bonds is 45. The van der Waals surface area contributed by atoms with E-state index in [1.54, 1.807) is 0 Å². The molecule has 9 nitrogen and oxygen atoms in total. The number of quaternary nitrogens is 1. The van der Waals surface area contributed by atoms with E-state index in [2.05, 4.69) is 26.0 Å². The molecule has 1 unspecified atom stereocenters. The molecule has 2 atom stereocenters. The van der Waals surface area contributed by atoms with Crippen LogP contribution in [0.5, 0.6) is 0 Å². The van der Waals surface area contributed by atoms with Crippen molar-refractivity contribution >= 4 is 19.8 Å². The second kappa shape index (κ2) is 41.1. The van der Waals surface area contributed by atoms with E-state index in [-0.39, 0.29) is 32.0 Å². The van der Waals surface area contributed by atoms with Gasteiger partial charge in [0.25, 0.3) is 7.82 Å². The number of carbonyl (C=O) groups is 2. The van der Waals surface area contributed by atoms with Crippen LogP contribution in [0.4, 0.5) is 0 Å². The van der Waals surface area contributed by atoms with Gasteiger partial charge in [0, 0.05) is 12.8 Å². The third kappa shape index (κ3) is 44.3. The Morgan fingerprint density at radius 2 is 0.879 bits per heavy atom. The quantitative estimate of drug-likeness (QED) is 0.0196. The molecule has 0 aromatic carbocycles. The predicted molar refractivity (Wildman–Crippen MR) is 241 cm³/mol. The highest BCUT2D eigenvalue weighted by atomic mass is 31.2. The fourth-order valence-electron chi connectivity index (χ4n) is 6.95. The highest BCUT2D eigenvalue weighted by molar-refractivity contribution is 7.45. The van der Waals surface area contributed by atoms with E-state index < -0.39 is 26.5 Å². The molecule has 0 bridgehead atoms. The van der Waals surface area contributed by atoms with Crippen LogP contribution in [0.2, 0.25) is 0 Å². The molecular formula is C48H94NO8P. The number of allylic oxidation sites excluding steroid dienone is 2. The normalized spacial score (nSPS) is 13.6. The van der Waals surface area contributed by atoms with E-state index in [1.165, 1.54) is 161 Å². The van der Waals surface area contributed by atoms with E-state index >= 15 is 0 Å². The van der Waals surface area contributed by atoms with Crippen molar-refractivity contribution in [2.45, 2.75) is 238 Å². The highest BCUT2D eigenvalue weighted by Crippen LogP contribution is 2.38. The minimum Gasteiger partial charge on any atom is -0.756 e. The number of esters is 2. The van der Waals surface area contributed by atoms with Crippen molar-refractivity contribution in [2.75, 3.05) is 47.5 Å². The van der Waals surface area contributed by atoms with Crippen LogP contribution in [0.15, 0.2) is 12.2 Å². The fraction of sp³-hybridized carbons (Fsp3) is 0.917. The average Bonchev–Trinajstić information content (AvgIpc) is 3.17. The van der Waals surface area contributed by atoms with Gasteiger partial charge in [0.1, 0.15) is 19.8 Å². The van der Waals surface area contributed by atoms with E-state index in [0.717, 1.165) is 38.5 Å². The lowest BCUT2D eigenvalue weighted by molar-refractivity contribution is -0.870. The van der Waals surface area contributed by atoms with Crippen molar-refractivity contribution in [3.8, 4) is 0 Å². The molecule has 0 aromatic rings. The first-order chi connectivity index (χ1) is 28.0. The summed E-state index contributed by atoms with van der Waals surface area (Å²) in [6, 6.07) is 0. The van der Waals surface area contributed by atoms with Gasteiger partial charge in [-0.05, 0) is 38.5 Å². The van der Waals surface area contributed by atoms with Crippen LogP contribution in [0.3, 0.4) is 0 Å². The van der Waals surface area contributed by atoms with E-state index in [1.807, 2.05) is 21.1 Å². The van der Waals surface area contributed by atoms with Crippen LogP contribution in [-0.2, 0) is 32.7 Å². The van der Waals surface area contributed by atoms with Gasteiger partial charge in [-0.1, -0.05) is 193 Å². The summed E-state index contributed by atoms with van der Waals surface area (Å²) in [4.78, 5) is 37.6. The van der Waals surface area contributed by atoms with E-state index in [9.17, 15) is 19.0 Å². The Morgan fingerprint density at radius 1 is 0.517 bits per heavy atom. The van der Waals surface area contributed by atoms with Crippen molar-refractivity contribution in [3.05, 3.63) is 12.2 Å². The van der Waals surface area contributed by atoms with Crippen molar-refractivity contribution < 1.29 is 42.1 Å². The number of nitrogens with zero attached hydrogens (tertiary/aromatic N) is 1. The number of ether oxygens (including phenoxy) is 2. The molecule has 58 heavy (non-hydrogen) atoms. The highest BCUT2D eigenvalue weighted by Gasteiger charge is 2.21. The second-order valence-corrected chi connectivity index (χ2v) is 19.2. The molecule has 0 heterocycles. The summed E-state index contributed by atoms with van der Waals surface area (Å²) in [6.45, 7) is 4.26. The molecule has 0 amide bonds. The Hall–Kier alpha value is -1.25. The lowest BCUT2D eigenvalue weighted by Gasteiger charge is -2.28. The number of phosphoric acid groups is 1. The van der Waals surface area contributed by atoms with Crippen LogP contribution in [0.1, 0.15) is 232 Å². The summed E-state index contributed by atoms with van der Waals surface area (Å²) >= 11 is 0. The smallest absolute Gasteiger partial charge is 0.306 e. The molecule has 0 aliphatic heterocycles. The average molecular weight is 844 g/mol. The van der Waals surface area contributed by atoms with Crippen LogP contribution < -0.4 is 4.89 Å². The van der Waals surface area contributed by atoms with Crippen molar-refractivity contribution in [1.29, 1.82) is 0 Å². The third-order valence-electron chi connectivity index (χ3n) is 10.8. The Morgan fingerprint density at radius 3 is 1.28 bits per heavy atom. The van der Waals surface area contributed by atoms with Crippen LogP contribution in [-0.4, -0.2) is 70.0 Å². The first kappa shape index (κ1) is 56.8. The lowest BCUT2D eigenvalue weighted by Crippen LogP contribution is -2.37. The van der Waals surface area contributed by atoms with Gasteiger partial charge in [-0.15, -0.1) is 0 Å². The summed E-state index contributed by atoms with van der Waals surface area (Å²) in [7, 11) is 1.18. The minimum atomic E-state index is -4.62. The van der Waals surface area contributed by atoms with Gasteiger partial charge in [0.05, 0.1) is 27.7 Å². The van der Waals surface area contributed by atoms with Gasteiger partial charge in [-0.2, -0.15) is 0 Å². The standard InChI is InChI=1S/C48H94NO8P/c1-6-8-10-12-14-16-18-20-21-22-23-24-25-26-27-29-31-33-35-37-39-41-48(51)57-46(45-56-58(52,53)55-43-42-49(3,4)5)44-54-47(50)40-38-36-34-32-30-28-19-17-15-13-11-9-7-2/h20-21,46H,6-19,22-45H2,1-5H3/b21-20-/t46-/m1/s1. The van der Waals surface area contributed by atoms with Crippen LogP contribution >= 0.6 is 7.82 Å². The number of hydrogen-bond acceptors (Lipinski definition) is 8. The fourth-order valence-corrected chi connectivity index (χ4v) is 7.67. The SMILES string of the molecule is CCCCCCCC/C=C\CCCCCCCCCCCCCC(=O)O[C@H](COC(=O)CCCCCCCCCCCCCCC)COP(=O)([O-])OCC[N+](C)(C)C.